The first-order chi connectivity index (χ1) is 11.9. The highest BCUT2D eigenvalue weighted by Crippen LogP contribution is 2.14. The van der Waals surface area contributed by atoms with Gasteiger partial charge in [0.05, 0.1) is 4.90 Å². The summed E-state index contributed by atoms with van der Waals surface area (Å²) in [6, 6.07) is 14.2. The Morgan fingerprint density at radius 3 is 2.04 bits per heavy atom. The molecule has 0 aliphatic rings. The number of rotatable bonds is 7. The van der Waals surface area contributed by atoms with E-state index in [0.29, 0.717) is 18.7 Å². The molecule has 0 spiro atoms. The maximum Gasteiger partial charge on any atom is 0.253 e. The lowest BCUT2D eigenvalue weighted by atomic mass is 10.1. The smallest absolute Gasteiger partial charge is 0.253 e. The zero-order valence-corrected chi connectivity index (χ0v) is 15.6. The molecule has 5 nitrogen and oxygen atoms in total. The number of amides is 1. The van der Waals surface area contributed by atoms with Crippen molar-refractivity contribution >= 4 is 15.9 Å². The molecule has 0 atom stereocenters. The van der Waals surface area contributed by atoms with Gasteiger partial charge in [-0.05, 0) is 41.8 Å². The van der Waals surface area contributed by atoms with E-state index < -0.39 is 10.0 Å². The molecule has 0 aliphatic heterocycles. The number of sulfonamides is 1. The van der Waals surface area contributed by atoms with E-state index in [2.05, 4.69) is 23.8 Å². The fourth-order valence-corrected chi connectivity index (χ4v) is 3.54. The molecule has 2 aromatic rings. The van der Waals surface area contributed by atoms with E-state index in [9.17, 15) is 13.2 Å². The van der Waals surface area contributed by atoms with Crippen molar-refractivity contribution in [2.75, 3.05) is 13.6 Å². The maximum atomic E-state index is 12.5. The van der Waals surface area contributed by atoms with Crippen LogP contribution in [0, 0.1) is 0 Å². The highest BCUT2D eigenvalue weighted by atomic mass is 32.2. The number of carbonyl (C=O) groups is 1. The molecule has 0 bridgehead atoms. The van der Waals surface area contributed by atoms with Crippen LogP contribution in [0.1, 0.15) is 35.3 Å². The minimum Gasteiger partial charge on any atom is -0.337 e. The molecule has 6 heteroatoms. The Kier molecular flexibility index (Phi) is 6.33. The second kappa shape index (κ2) is 8.27. The van der Waals surface area contributed by atoms with Gasteiger partial charge in [-0.2, -0.15) is 0 Å². The van der Waals surface area contributed by atoms with Gasteiger partial charge in [0.1, 0.15) is 0 Å². The fraction of sp³-hybridized carbons (Fsp3) is 0.316. The predicted octanol–water partition coefficient (Wildman–Crippen LogP) is 2.82. The van der Waals surface area contributed by atoms with Crippen LogP contribution in [-0.4, -0.2) is 32.8 Å². The molecule has 134 valence electrons. The van der Waals surface area contributed by atoms with Gasteiger partial charge in [0.2, 0.25) is 10.0 Å². The van der Waals surface area contributed by atoms with Crippen LogP contribution in [-0.2, 0) is 23.0 Å². The van der Waals surface area contributed by atoms with Gasteiger partial charge in [0.25, 0.3) is 5.91 Å². The number of nitrogens with zero attached hydrogens (tertiary/aromatic N) is 1. The van der Waals surface area contributed by atoms with E-state index >= 15 is 0 Å². The fourth-order valence-electron chi connectivity index (χ4n) is 2.50. The predicted molar refractivity (Wildman–Crippen MR) is 98.9 cm³/mol. The third kappa shape index (κ3) is 4.90. The Bertz CT molecular complexity index is 813. The number of benzene rings is 2. The summed E-state index contributed by atoms with van der Waals surface area (Å²) in [5.41, 5.74) is 2.78. The van der Waals surface area contributed by atoms with Crippen molar-refractivity contribution in [3.8, 4) is 0 Å². The van der Waals surface area contributed by atoms with Crippen LogP contribution in [0.5, 0.6) is 0 Å². The second-order valence-electron chi connectivity index (χ2n) is 5.86. The van der Waals surface area contributed by atoms with Crippen LogP contribution >= 0.6 is 0 Å². The van der Waals surface area contributed by atoms with E-state index in [1.54, 1.807) is 31.0 Å². The molecule has 1 amide bonds. The van der Waals surface area contributed by atoms with Gasteiger partial charge in [-0.25, -0.2) is 13.1 Å². The molecule has 2 aromatic carbocycles. The molecular formula is C19H24N2O3S. The van der Waals surface area contributed by atoms with Crippen LogP contribution in [0.2, 0.25) is 0 Å². The standard InChI is InChI=1S/C19H24N2O3S/c1-4-15-6-8-16(9-7-15)14-21(3)19(22)17-10-12-18(13-11-17)25(23,24)20-5-2/h6-13,20H,4-5,14H2,1-3H3. The number of aryl methyl sites for hydroxylation is 1. The van der Waals surface area contributed by atoms with Gasteiger partial charge in [0, 0.05) is 25.7 Å². The highest BCUT2D eigenvalue weighted by molar-refractivity contribution is 7.89. The first-order valence-electron chi connectivity index (χ1n) is 8.30. The zero-order valence-electron chi connectivity index (χ0n) is 14.8. The first-order valence-corrected chi connectivity index (χ1v) is 9.78. The average molecular weight is 360 g/mol. The monoisotopic (exact) mass is 360 g/mol. The molecule has 0 aromatic heterocycles. The van der Waals surface area contributed by atoms with Gasteiger partial charge in [-0.1, -0.05) is 38.1 Å². The lowest BCUT2D eigenvalue weighted by Gasteiger charge is -2.18. The molecule has 0 unspecified atom stereocenters. The summed E-state index contributed by atoms with van der Waals surface area (Å²) in [6.45, 7) is 4.64. The van der Waals surface area contributed by atoms with Crippen LogP contribution < -0.4 is 4.72 Å². The molecule has 0 saturated heterocycles. The SMILES string of the molecule is CCNS(=O)(=O)c1ccc(C(=O)N(C)Cc2ccc(CC)cc2)cc1. The van der Waals surface area contributed by atoms with Crippen molar-refractivity contribution < 1.29 is 13.2 Å². The highest BCUT2D eigenvalue weighted by Gasteiger charge is 2.16. The number of carbonyl (C=O) groups excluding carboxylic acids is 1. The van der Waals surface area contributed by atoms with E-state index in [-0.39, 0.29) is 10.8 Å². The van der Waals surface area contributed by atoms with Gasteiger partial charge in [-0.15, -0.1) is 0 Å². The summed E-state index contributed by atoms with van der Waals surface area (Å²) in [5, 5.41) is 0. The lowest BCUT2D eigenvalue weighted by Crippen LogP contribution is -2.26. The Labute approximate surface area is 149 Å². The maximum absolute atomic E-state index is 12.5. The van der Waals surface area contributed by atoms with E-state index in [4.69, 9.17) is 0 Å². The summed E-state index contributed by atoms with van der Waals surface area (Å²) >= 11 is 0. The molecular weight excluding hydrogens is 336 g/mol. The lowest BCUT2D eigenvalue weighted by molar-refractivity contribution is 0.0785. The normalized spacial score (nSPS) is 11.3. The zero-order chi connectivity index (χ0) is 18.4. The van der Waals surface area contributed by atoms with Crippen LogP contribution in [0.15, 0.2) is 53.4 Å². The molecule has 2 rings (SSSR count). The minimum absolute atomic E-state index is 0.146. The minimum atomic E-state index is -3.50. The molecule has 0 aliphatic carbocycles. The first kappa shape index (κ1) is 19.1. The Morgan fingerprint density at radius 1 is 0.960 bits per heavy atom. The van der Waals surface area contributed by atoms with Crippen molar-refractivity contribution in [3.63, 3.8) is 0 Å². The van der Waals surface area contributed by atoms with E-state index in [0.717, 1.165) is 12.0 Å². The Morgan fingerprint density at radius 2 is 1.52 bits per heavy atom. The summed E-state index contributed by atoms with van der Waals surface area (Å²) < 4.78 is 26.3. The van der Waals surface area contributed by atoms with Crippen LogP contribution in [0.3, 0.4) is 0 Å². The van der Waals surface area contributed by atoms with Gasteiger partial charge >= 0.3 is 0 Å². The molecule has 0 radical (unpaired) electrons. The average Bonchev–Trinajstić information content (AvgIpc) is 2.61. The van der Waals surface area contributed by atoms with Gasteiger partial charge < -0.3 is 4.90 Å². The number of nitrogens with one attached hydrogen (secondary N) is 1. The Balaban J connectivity index is 2.08. The largest absolute Gasteiger partial charge is 0.337 e. The summed E-state index contributed by atoms with van der Waals surface area (Å²) in [6.07, 6.45) is 0.983. The van der Waals surface area contributed by atoms with Crippen molar-refractivity contribution in [2.45, 2.75) is 31.7 Å². The number of hydrogen-bond donors (Lipinski definition) is 1. The van der Waals surface area contributed by atoms with Gasteiger partial charge in [-0.3, -0.25) is 4.79 Å². The van der Waals surface area contributed by atoms with Crippen molar-refractivity contribution in [1.29, 1.82) is 0 Å². The van der Waals surface area contributed by atoms with Crippen molar-refractivity contribution in [2.24, 2.45) is 0 Å². The van der Waals surface area contributed by atoms with Crippen LogP contribution in [0.4, 0.5) is 0 Å². The van der Waals surface area contributed by atoms with E-state index in [1.165, 1.54) is 17.7 Å². The summed E-state index contributed by atoms with van der Waals surface area (Å²) in [7, 11) is -1.77. The third-order valence-electron chi connectivity index (χ3n) is 3.94. The van der Waals surface area contributed by atoms with E-state index in [1.807, 2.05) is 12.1 Å². The van der Waals surface area contributed by atoms with Gasteiger partial charge in [0.15, 0.2) is 0 Å². The number of hydrogen-bond acceptors (Lipinski definition) is 3. The molecule has 0 saturated carbocycles. The molecule has 25 heavy (non-hydrogen) atoms. The van der Waals surface area contributed by atoms with Crippen molar-refractivity contribution in [1.82, 2.24) is 9.62 Å². The molecule has 0 heterocycles. The third-order valence-corrected chi connectivity index (χ3v) is 5.51. The van der Waals surface area contributed by atoms with Crippen molar-refractivity contribution in [3.05, 3.63) is 65.2 Å². The second-order valence-corrected chi connectivity index (χ2v) is 7.62. The summed E-state index contributed by atoms with van der Waals surface area (Å²) in [4.78, 5) is 14.3. The summed E-state index contributed by atoms with van der Waals surface area (Å²) in [5.74, 6) is -0.146. The van der Waals surface area contributed by atoms with Crippen LogP contribution in [0.25, 0.3) is 0 Å². The Hall–Kier alpha value is -2.18. The molecule has 0 fully saturated rings. The topological polar surface area (TPSA) is 66.5 Å². The molecule has 1 N–H and O–H groups in total. The quantitative estimate of drug-likeness (QED) is 0.826.